The lowest BCUT2D eigenvalue weighted by Crippen LogP contribution is -1.84. The fraction of sp³-hybridized carbons (Fsp3) is 0.0556. The van der Waals surface area contributed by atoms with Crippen molar-refractivity contribution in [3.05, 3.63) is 71.4 Å². The zero-order valence-corrected chi connectivity index (χ0v) is 12.4. The van der Waals surface area contributed by atoms with Gasteiger partial charge in [0.25, 0.3) is 0 Å². The van der Waals surface area contributed by atoms with Crippen molar-refractivity contribution in [2.75, 3.05) is 7.11 Å². The number of ether oxygens (including phenoxy) is 1. The molecule has 104 valence electrons. The summed E-state index contributed by atoms with van der Waals surface area (Å²) in [4.78, 5) is 0. The maximum atomic E-state index is 5.66. The predicted octanol–water partition coefficient (Wildman–Crippen LogP) is 5.35. The highest BCUT2D eigenvalue weighted by Gasteiger charge is 2.05. The summed E-state index contributed by atoms with van der Waals surface area (Å²) in [7, 11) is 1.66. The quantitative estimate of drug-likeness (QED) is 0.608. The molecule has 0 bridgehead atoms. The molecule has 0 saturated carbocycles. The van der Waals surface area contributed by atoms with E-state index in [2.05, 4.69) is 0 Å². The van der Waals surface area contributed by atoms with E-state index in [1.165, 1.54) is 0 Å². The molecule has 3 heteroatoms. The van der Waals surface area contributed by atoms with Gasteiger partial charge in [0, 0.05) is 11.6 Å². The van der Waals surface area contributed by atoms with E-state index >= 15 is 0 Å². The van der Waals surface area contributed by atoms with Gasteiger partial charge in [-0.1, -0.05) is 42.5 Å². The first-order chi connectivity index (χ1) is 10.3. The van der Waals surface area contributed by atoms with Crippen molar-refractivity contribution in [2.24, 2.45) is 0 Å². The van der Waals surface area contributed by atoms with Crippen LogP contribution in [0.2, 0.25) is 0 Å². The van der Waals surface area contributed by atoms with E-state index in [1.807, 2.05) is 66.7 Å². The average molecular weight is 294 g/mol. The lowest BCUT2D eigenvalue weighted by molar-refractivity contribution is 0.415. The van der Waals surface area contributed by atoms with Crippen LogP contribution in [0.3, 0.4) is 0 Å². The van der Waals surface area contributed by atoms with Crippen molar-refractivity contribution in [2.45, 2.75) is 0 Å². The van der Waals surface area contributed by atoms with E-state index in [-0.39, 0.29) is 0 Å². The molecule has 3 aromatic rings. The van der Waals surface area contributed by atoms with Crippen molar-refractivity contribution in [1.29, 1.82) is 0 Å². The molecule has 0 fully saturated rings. The molecular formula is C18H14O2S. The summed E-state index contributed by atoms with van der Waals surface area (Å²) in [6.07, 6.45) is 0. The highest BCUT2D eigenvalue weighted by atomic mass is 32.1. The van der Waals surface area contributed by atoms with Crippen LogP contribution in [0.15, 0.2) is 71.1 Å². The largest absolute Gasteiger partial charge is 0.497 e. The molecule has 0 saturated heterocycles. The summed E-state index contributed by atoms with van der Waals surface area (Å²) in [5.74, 6) is 1.61. The minimum Gasteiger partial charge on any atom is -0.497 e. The monoisotopic (exact) mass is 294 g/mol. The van der Waals surface area contributed by atoms with E-state index in [1.54, 1.807) is 7.11 Å². The maximum absolute atomic E-state index is 5.66. The van der Waals surface area contributed by atoms with E-state index in [0.29, 0.717) is 4.71 Å². The van der Waals surface area contributed by atoms with Crippen molar-refractivity contribution in [3.63, 3.8) is 0 Å². The van der Waals surface area contributed by atoms with Gasteiger partial charge in [0.2, 0.25) is 0 Å². The van der Waals surface area contributed by atoms with Gasteiger partial charge in [-0.05, 0) is 41.5 Å². The lowest BCUT2D eigenvalue weighted by Gasteiger charge is -2.06. The second-order valence-corrected chi connectivity index (χ2v) is 5.03. The van der Waals surface area contributed by atoms with E-state index < -0.39 is 0 Å². The highest BCUT2D eigenvalue weighted by Crippen LogP contribution is 2.28. The van der Waals surface area contributed by atoms with Gasteiger partial charge < -0.3 is 9.15 Å². The van der Waals surface area contributed by atoms with Crippen LogP contribution in [0.4, 0.5) is 0 Å². The molecule has 1 heterocycles. The normalized spacial score (nSPS) is 10.3. The second kappa shape index (κ2) is 5.94. The van der Waals surface area contributed by atoms with Gasteiger partial charge in [-0.15, -0.1) is 0 Å². The van der Waals surface area contributed by atoms with Crippen LogP contribution in [-0.2, 0) is 0 Å². The van der Waals surface area contributed by atoms with Gasteiger partial charge in [-0.25, -0.2) is 0 Å². The fourth-order valence-electron chi connectivity index (χ4n) is 2.17. The molecule has 0 aliphatic heterocycles. The van der Waals surface area contributed by atoms with Gasteiger partial charge in [-0.2, -0.15) is 0 Å². The summed E-state index contributed by atoms with van der Waals surface area (Å²) < 4.78 is 11.3. The molecule has 0 amide bonds. The van der Waals surface area contributed by atoms with Crippen molar-refractivity contribution < 1.29 is 9.15 Å². The van der Waals surface area contributed by atoms with Crippen LogP contribution in [0.1, 0.15) is 0 Å². The SMILES string of the molecule is COc1ccc(-c2cc(-c3ccccc3)oc(=S)c2)cc1. The van der Waals surface area contributed by atoms with Crippen LogP contribution < -0.4 is 4.74 Å². The van der Waals surface area contributed by atoms with Crippen molar-refractivity contribution in [1.82, 2.24) is 0 Å². The minimum atomic E-state index is 0.474. The molecule has 0 atom stereocenters. The van der Waals surface area contributed by atoms with Gasteiger partial charge in [0.05, 0.1) is 7.11 Å². The van der Waals surface area contributed by atoms with Crippen molar-refractivity contribution in [3.8, 4) is 28.2 Å². The first-order valence-corrected chi connectivity index (χ1v) is 7.02. The van der Waals surface area contributed by atoms with Crippen LogP contribution in [0.5, 0.6) is 5.75 Å². The molecule has 3 rings (SSSR count). The number of rotatable bonds is 3. The van der Waals surface area contributed by atoms with Crippen LogP contribution >= 0.6 is 12.2 Å². The van der Waals surface area contributed by atoms with Gasteiger partial charge in [-0.3, -0.25) is 0 Å². The van der Waals surface area contributed by atoms with Crippen LogP contribution in [0, 0.1) is 4.71 Å². The molecule has 2 nitrogen and oxygen atoms in total. The second-order valence-electron chi connectivity index (χ2n) is 4.62. The Morgan fingerprint density at radius 2 is 1.52 bits per heavy atom. The Morgan fingerprint density at radius 1 is 0.810 bits per heavy atom. The smallest absolute Gasteiger partial charge is 0.191 e. The third-order valence-corrected chi connectivity index (χ3v) is 3.45. The topological polar surface area (TPSA) is 22.4 Å². The summed E-state index contributed by atoms with van der Waals surface area (Å²) in [5, 5.41) is 0. The number of methoxy groups -OCH3 is 1. The third-order valence-electron chi connectivity index (χ3n) is 3.25. The Kier molecular flexibility index (Phi) is 3.84. The molecule has 0 spiro atoms. The fourth-order valence-corrected chi connectivity index (χ4v) is 2.39. The molecule has 0 aliphatic rings. The summed E-state index contributed by atoms with van der Waals surface area (Å²) >= 11 is 5.24. The Bertz CT molecular complexity index is 789. The highest BCUT2D eigenvalue weighted by molar-refractivity contribution is 7.71. The van der Waals surface area contributed by atoms with Crippen molar-refractivity contribution >= 4 is 12.2 Å². The Balaban J connectivity index is 2.07. The average Bonchev–Trinajstić information content (AvgIpc) is 2.55. The first-order valence-electron chi connectivity index (χ1n) is 6.61. The maximum Gasteiger partial charge on any atom is 0.191 e. The molecule has 0 unspecified atom stereocenters. The van der Waals surface area contributed by atoms with Crippen LogP contribution in [-0.4, -0.2) is 7.11 Å². The molecule has 0 aliphatic carbocycles. The Morgan fingerprint density at radius 3 is 2.19 bits per heavy atom. The predicted molar refractivity (Wildman–Crippen MR) is 87.0 cm³/mol. The number of hydrogen-bond donors (Lipinski definition) is 0. The first kappa shape index (κ1) is 13.6. The molecule has 21 heavy (non-hydrogen) atoms. The Labute approximate surface area is 128 Å². The standard InChI is InChI=1S/C18H14O2S/c1-19-16-9-7-13(8-10-16)15-11-17(20-18(21)12-15)14-5-3-2-4-6-14/h2-12H,1H3. The van der Waals surface area contributed by atoms with E-state index in [9.17, 15) is 0 Å². The van der Waals surface area contributed by atoms with Gasteiger partial charge in [0.1, 0.15) is 11.5 Å². The number of hydrogen-bond acceptors (Lipinski definition) is 3. The van der Waals surface area contributed by atoms with E-state index in [4.69, 9.17) is 21.4 Å². The molecule has 0 radical (unpaired) electrons. The van der Waals surface area contributed by atoms with Gasteiger partial charge >= 0.3 is 0 Å². The Hall–Kier alpha value is -2.39. The zero-order valence-electron chi connectivity index (χ0n) is 11.6. The molecule has 1 aromatic heterocycles. The summed E-state index contributed by atoms with van der Waals surface area (Å²) in [6, 6.07) is 21.7. The van der Waals surface area contributed by atoms with E-state index in [0.717, 1.165) is 28.2 Å². The lowest BCUT2D eigenvalue weighted by atomic mass is 10.0. The zero-order chi connectivity index (χ0) is 14.7. The van der Waals surface area contributed by atoms with Gasteiger partial charge in [0.15, 0.2) is 4.71 Å². The molecule has 2 aromatic carbocycles. The third kappa shape index (κ3) is 3.03. The molecular weight excluding hydrogens is 280 g/mol. The summed E-state index contributed by atoms with van der Waals surface area (Å²) in [6.45, 7) is 0. The minimum absolute atomic E-state index is 0.474. The molecule has 0 N–H and O–H groups in total. The summed E-state index contributed by atoms with van der Waals surface area (Å²) in [5.41, 5.74) is 3.13. The number of benzene rings is 2. The van der Waals surface area contributed by atoms with Crippen LogP contribution in [0.25, 0.3) is 22.5 Å².